The summed E-state index contributed by atoms with van der Waals surface area (Å²) in [7, 11) is -5.49. The molecular formula is C22H28N2O7S2. The topological polar surface area (TPSA) is 127 Å². The summed E-state index contributed by atoms with van der Waals surface area (Å²) < 4.78 is 55.8. The molecule has 0 aliphatic rings. The molecular weight excluding hydrogens is 468 g/mol. The zero-order chi connectivity index (χ0) is 24.6. The number of hydrogen-bond donors (Lipinski definition) is 1. The Morgan fingerprint density at radius 2 is 1.67 bits per heavy atom. The minimum Gasteiger partial charge on any atom is -0.493 e. The Kier molecular flexibility index (Phi) is 9.15. The molecule has 0 saturated heterocycles. The van der Waals surface area contributed by atoms with Gasteiger partial charge in [-0.15, -0.1) is 0 Å². The van der Waals surface area contributed by atoms with Gasteiger partial charge in [0.1, 0.15) is 5.75 Å². The van der Waals surface area contributed by atoms with Crippen LogP contribution in [0.4, 0.5) is 0 Å². The molecule has 0 saturated carbocycles. The van der Waals surface area contributed by atoms with Crippen LogP contribution in [0.5, 0.6) is 5.75 Å². The summed E-state index contributed by atoms with van der Waals surface area (Å²) in [5.74, 6) is 0.0368. The minimum absolute atomic E-state index is 0.0154. The number of sulfonamides is 1. The number of ketones is 1. The fraction of sp³-hybridized carbons (Fsp3) is 0.364. The van der Waals surface area contributed by atoms with Gasteiger partial charge in [0.25, 0.3) is 0 Å². The van der Waals surface area contributed by atoms with Gasteiger partial charge in [0.05, 0.1) is 16.4 Å². The molecule has 0 radical (unpaired) electrons. The minimum atomic E-state index is -3.78. The maximum atomic E-state index is 12.3. The highest BCUT2D eigenvalue weighted by Crippen LogP contribution is 2.17. The summed E-state index contributed by atoms with van der Waals surface area (Å²) in [4.78, 5) is 25.2. The van der Waals surface area contributed by atoms with E-state index in [1.807, 2.05) is 0 Å². The predicted octanol–water partition coefficient (Wildman–Crippen LogP) is 1.89. The average Bonchev–Trinajstić information content (AvgIpc) is 2.76. The van der Waals surface area contributed by atoms with Crippen molar-refractivity contribution in [2.45, 2.75) is 29.6 Å². The lowest BCUT2D eigenvalue weighted by atomic mass is 10.2. The van der Waals surface area contributed by atoms with Gasteiger partial charge in [-0.3, -0.25) is 9.59 Å². The van der Waals surface area contributed by atoms with E-state index in [1.54, 1.807) is 19.2 Å². The molecule has 2 aromatic carbocycles. The van der Waals surface area contributed by atoms with Crippen LogP contribution in [0.15, 0.2) is 58.3 Å². The zero-order valence-electron chi connectivity index (χ0n) is 18.8. The quantitative estimate of drug-likeness (QED) is 0.351. The number of nitrogens with one attached hydrogen (secondary N) is 1. The van der Waals surface area contributed by atoms with Crippen LogP contribution in [0.25, 0.3) is 0 Å². The smallest absolute Gasteiger partial charge is 0.240 e. The Morgan fingerprint density at radius 1 is 1.00 bits per heavy atom. The molecule has 0 fully saturated rings. The van der Waals surface area contributed by atoms with Crippen molar-refractivity contribution in [3.63, 3.8) is 0 Å². The summed E-state index contributed by atoms with van der Waals surface area (Å²) in [5, 5.41) is 0. The maximum absolute atomic E-state index is 12.3. The Labute approximate surface area is 194 Å². The van der Waals surface area contributed by atoms with Crippen LogP contribution in [0.3, 0.4) is 0 Å². The van der Waals surface area contributed by atoms with E-state index in [0.717, 1.165) is 6.26 Å². The number of amides is 1. The Hall–Kier alpha value is -2.76. The molecule has 0 spiro atoms. The van der Waals surface area contributed by atoms with Crippen LogP contribution < -0.4 is 9.46 Å². The number of benzene rings is 2. The lowest BCUT2D eigenvalue weighted by Crippen LogP contribution is -2.33. The monoisotopic (exact) mass is 496 g/mol. The van der Waals surface area contributed by atoms with E-state index < -0.39 is 19.9 Å². The molecule has 9 nitrogen and oxygen atoms in total. The van der Waals surface area contributed by atoms with Gasteiger partial charge >= 0.3 is 0 Å². The van der Waals surface area contributed by atoms with Crippen molar-refractivity contribution >= 4 is 31.6 Å². The number of carbonyl (C=O) groups is 2. The van der Waals surface area contributed by atoms with E-state index in [-0.39, 0.29) is 41.1 Å². The summed E-state index contributed by atoms with van der Waals surface area (Å²) in [5.41, 5.74) is 0.415. The van der Waals surface area contributed by atoms with Gasteiger partial charge in [-0.1, -0.05) is 18.2 Å². The van der Waals surface area contributed by atoms with E-state index in [4.69, 9.17) is 4.74 Å². The largest absolute Gasteiger partial charge is 0.493 e. The van der Waals surface area contributed by atoms with Crippen molar-refractivity contribution in [3.8, 4) is 5.75 Å². The summed E-state index contributed by atoms with van der Waals surface area (Å²) in [6.07, 6.45) is 1.62. The predicted molar refractivity (Wildman–Crippen MR) is 124 cm³/mol. The first-order valence-corrected chi connectivity index (χ1v) is 13.5. The van der Waals surface area contributed by atoms with Crippen molar-refractivity contribution in [1.82, 2.24) is 9.62 Å². The molecule has 2 aromatic rings. The van der Waals surface area contributed by atoms with Crippen molar-refractivity contribution in [3.05, 3.63) is 54.1 Å². The number of ether oxygens (including phenoxy) is 1. The second kappa shape index (κ2) is 11.4. The SMILES string of the molecule is CC(=O)c1ccc(S(=O)(=O)NCCC(=O)N(C)CCCOc2cccc(S(C)(=O)=O)c2)cc1. The maximum Gasteiger partial charge on any atom is 0.240 e. The van der Waals surface area contributed by atoms with Crippen LogP contribution in [0.1, 0.15) is 30.1 Å². The second-order valence-electron chi connectivity index (χ2n) is 7.49. The van der Waals surface area contributed by atoms with E-state index >= 15 is 0 Å². The first kappa shape index (κ1) is 26.5. The van der Waals surface area contributed by atoms with Crippen LogP contribution in [0, 0.1) is 0 Å². The van der Waals surface area contributed by atoms with Gasteiger partial charge in [0, 0.05) is 38.4 Å². The van der Waals surface area contributed by atoms with Crippen LogP contribution >= 0.6 is 0 Å². The first-order chi connectivity index (χ1) is 15.4. The standard InChI is InChI=1S/C22H28N2O7S2/c1-17(25)18-8-10-20(11-9-18)33(29,30)23-13-12-22(26)24(2)14-5-15-31-19-6-4-7-21(16-19)32(3,27)28/h4,6-11,16,23H,5,12-15H2,1-3H3. The number of rotatable bonds is 12. The lowest BCUT2D eigenvalue weighted by Gasteiger charge is -2.17. The van der Waals surface area contributed by atoms with E-state index in [0.29, 0.717) is 24.3 Å². The molecule has 2 rings (SSSR count). The van der Waals surface area contributed by atoms with Crippen LogP contribution in [-0.4, -0.2) is 66.4 Å². The number of Topliss-reactive ketones (excluding diaryl/α,β-unsaturated/α-hetero) is 1. The van der Waals surface area contributed by atoms with Gasteiger partial charge in [-0.05, 0) is 43.7 Å². The second-order valence-corrected chi connectivity index (χ2v) is 11.3. The Balaban J connectivity index is 1.74. The van der Waals surface area contributed by atoms with Gasteiger partial charge in [-0.2, -0.15) is 0 Å². The van der Waals surface area contributed by atoms with Crippen molar-refractivity contribution < 1.29 is 31.2 Å². The molecule has 1 amide bonds. The van der Waals surface area contributed by atoms with E-state index in [9.17, 15) is 26.4 Å². The third kappa shape index (κ3) is 8.26. The molecule has 0 bridgehead atoms. The first-order valence-electron chi connectivity index (χ1n) is 10.2. The summed E-state index contributed by atoms with van der Waals surface area (Å²) in [6, 6.07) is 11.8. The van der Waals surface area contributed by atoms with Crippen LogP contribution in [-0.2, 0) is 24.7 Å². The number of sulfone groups is 1. The lowest BCUT2D eigenvalue weighted by molar-refractivity contribution is -0.129. The van der Waals surface area contributed by atoms with Gasteiger partial charge in [0.15, 0.2) is 15.6 Å². The van der Waals surface area contributed by atoms with Gasteiger partial charge in [-0.25, -0.2) is 21.6 Å². The van der Waals surface area contributed by atoms with Crippen molar-refractivity contribution in [1.29, 1.82) is 0 Å². The fourth-order valence-electron chi connectivity index (χ4n) is 2.85. The highest BCUT2D eigenvalue weighted by molar-refractivity contribution is 7.90. The molecule has 0 atom stereocenters. The summed E-state index contributed by atoms with van der Waals surface area (Å²) in [6.45, 7) is 2.01. The highest BCUT2D eigenvalue weighted by atomic mass is 32.2. The van der Waals surface area contributed by atoms with Crippen molar-refractivity contribution in [2.75, 3.05) is 33.0 Å². The average molecular weight is 497 g/mol. The summed E-state index contributed by atoms with van der Waals surface area (Å²) >= 11 is 0. The number of nitrogens with zero attached hydrogens (tertiary/aromatic N) is 1. The third-order valence-corrected chi connectivity index (χ3v) is 7.36. The molecule has 0 aliphatic heterocycles. The molecule has 180 valence electrons. The highest BCUT2D eigenvalue weighted by Gasteiger charge is 2.16. The van der Waals surface area contributed by atoms with E-state index in [2.05, 4.69) is 4.72 Å². The Morgan fingerprint density at radius 3 is 2.27 bits per heavy atom. The zero-order valence-corrected chi connectivity index (χ0v) is 20.4. The molecule has 11 heteroatoms. The molecule has 0 heterocycles. The molecule has 33 heavy (non-hydrogen) atoms. The van der Waals surface area contributed by atoms with Crippen molar-refractivity contribution in [2.24, 2.45) is 0 Å². The third-order valence-electron chi connectivity index (χ3n) is 4.77. The molecule has 0 aromatic heterocycles. The van der Waals surface area contributed by atoms with Gasteiger partial charge in [0.2, 0.25) is 15.9 Å². The normalized spacial score (nSPS) is 11.7. The van der Waals surface area contributed by atoms with Gasteiger partial charge < -0.3 is 9.64 Å². The molecule has 0 aliphatic carbocycles. The van der Waals surface area contributed by atoms with E-state index in [1.165, 1.54) is 48.2 Å². The Bertz CT molecular complexity index is 1190. The molecule has 0 unspecified atom stereocenters. The molecule has 1 N–H and O–H groups in total. The number of carbonyl (C=O) groups excluding carboxylic acids is 2. The fourth-order valence-corrected chi connectivity index (χ4v) is 4.53. The number of hydrogen-bond acceptors (Lipinski definition) is 7. The van der Waals surface area contributed by atoms with Crippen LogP contribution in [0.2, 0.25) is 0 Å².